The molecule has 2 amide bonds. The molecule has 0 unspecified atom stereocenters. The quantitative estimate of drug-likeness (QED) is 0.0510. The van der Waals surface area contributed by atoms with E-state index in [9.17, 15) is 9.59 Å². The second-order valence-corrected chi connectivity index (χ2v) is 15.5. The van der Waals surface area contributed by atoms with Gasteiger partial charge in [-0.2, -0.15) is 0 Å². The molecule has 0 heterocycles. The van der Waals surface area contributed by atoms with Gasteiger partial charge in [-0.05, 0) is 92.3 Å². The highest BCUT2D eigenvalue weighted by molar-refractivity contribution is 5.77. The summed E-state index contributed by atoms with van der Waals surface area (Å²) in [5.74, 6) is 2.00. The number of rotatable bonds is 29. The van der Waals surface area contributed by atoms with Gasteiger partial charge in [-0.1, -0.05) is 63.8 Å². The monoisotopic (exact) mass is 721 g/mol. The van der Waals surface area contributed by atoms with Crippen molar-refractivity contribution in [3.05, 3.63) is 72.8 Å². The first-order valence-electron chi connectivity index (χ1n) is 19.8. The Morgan fingerprint density at radius 2 is 1.17 bits per heavy atom. The van der Waals surface area contributed by atoms with Gasteiger partial charge in [0.2, 0.25) is 0 Å². The minimum Gasteiger partial charge on any atom is -0.493 e. The van der Waals surface area contributed by atoms with Crippen LogP contribution in [0.15, 0.2) is 61.7 Å². The molecule has 2 rings (SSSR count). The van der Waals surface area contributed by atoms with Crippen molar-refractivity contribution in [3.8, 4) is 22.6 Å². The van der Waals surface area contributed by atoms with Crippen molar-refractivity contribution >= 4 is 11.8 Å². The van der Waals surface area contributed by atoms with Crippen LogP contribution in [0.1, 0.15) is 89.2 Å². The number of ether oxygens (including phenoxy) is 2. The SMILES string of the molecule is C=CCc1ccc(OCCCC[N+](C)(C)CC(=O)NCCCCC)c(-c2ccc(OCCCC[N+](C)(C)CC(=O)NCCCCC)c(CC=C)c2)c1. The van der Waals surface area contributed by atoms with E-state index in [2.05, 4.69) is 102 Å². The third-order valence-electron chi connectivity index (χ3n) is 9.34. The molecule has 0 aliphatic heterocycles. The Kier molecular flexibility index (Phi) is 21.1. The molecule has 2 aromatic carbocycles. The molecule has 0 spiro atoms. The van der Waals surface area contributed by atoms with E-state index >= 15 is 0 Å². The zero-order valence-electron chi connectivity index (χ0n) is 33.7. The van der Waals surface area contributed by atoms with Gasteiger partial charge in [-0.3, -0.25) is 9.59 Å². The van der Waals surface area contributed by atoms with Gasteiger partial charge in [-0.25, -0.2) is 0 Å². The van der Waals surface area contributed by atoms with E-state index in [-0.39, 0.29) is 11.8 Å². The fraction of sp³-hybridized carbons (Fsp3) is 0.591. The Labute approximate surface area is 316 Å². The summed E-state index contributed by atoms with van der Waals surface area (Å²) in [5, 5.41) is 6.13. The van der Waals surface area contributed by atoms with Crippen molar-refractivity contribution in [2.24, 2.45) is 0 Å². The lowest BCUT2D eigenvalue weighted by Crippen LogP contribution is -2.48. The van der Waals surface area contributed by atoms with E-state index in [0.29, 0.717) is 41.7 Å². The van der Waals surface area contributed by atoms with E-state index in [0.717, 1.165) is 125 Å². The Morgan fingerprint density at radius 3 is 1.69 bits per heavy atom. The molecule has 290 valence electrons. The van der Waals surface area contributed by atoms with Crippen molar-refractivity contribution in [3.63, 3.8) is 0 Å². The lowest BCUT2D eigenvalue weighted by Gasteiger charge is -2.29. The maximum absolute atomic E-state index is 12.4. The maximum Gasteiger partial charge on any atom is 0.275 e. The van der Waals surface area contributed by atoms with Gasteiger partial charge in [-0.15, -0.1) is 13.2 Å². The highest BCUT2D eigenvalue weighted by Crippen LogP contribution is 2.35. The first kappa shape index (κ1) is 44.5. The van der Waals surface area contributed by atoms with Crippen LogP contribution in [0.3, 0.4) is 0 Å². The van der Waals surface area contributed by atoms with Crippen LogP contribution in [0.2, 0.25) is 0 Å². The lowest BCUT2D eigenvalue weighted by atomic mass is 9.97. The first-order valence-corrected chi connectivity index (χ1v) is 19.8. The van der Waals surface area contributed by atoms with Crippen molar-refractivity contribution in [1.29, 1.82) is 0 Å². The normalized spacial score (nSPS) is 11.6. The van der Waals surface area contributed by atoms with E-state index in [1.54, 1.807) is 0 Å². The number of likely N-dealkylation sites (N-methyl/N-ethyl adjacent to an activating group) is 2. The number of quaternary nitrogens is 2. The number of carbonyl (C=O) groups excluding carboxylic acids is 2. The molecule has 0 saturated carbocycles. The van der Waals surface area contributed by atoms with Crippen LogP contribution in [-0.4, -0.2) is 101 Å². The first-order chi connectivity index (χ1) is 24.9. The molecule has 2 N–H and O–H groups in total. The largest absolute Gasteiger partial charge is 0.493 e. The van der Waals surface area contributed by atoms with Gasteiger partial charge in [0.25, 0.3) is 11.8 Å². The van der Waals surface area contributed by atoms with E-state index < -0.39 is 0 Å². The number of hydrogen-bond acceptors (Lipinski definition) is 4. The van der Waals surface area contributed by atoms with Crippen LogP contribution < -0.4 is 20.1 Å². The van der Waals surface area contributed by atoms with Crippen LogP contribution in [0.4, 0.5) is 0 Å². The molecule has 0 bridgehead atoms. The standard InChI is InChI=1S/C44H70N4O4/c1-9-13-15-27-45-43(49)35-47(5,6)29-17-19-31-51-41-26-24-38(34-39(41)22-12-4)40-33-37(21-11-3)23-25-42(40)52-32-20-18-30-48(7,8)36-44(50)46-28-16-14-10-2/h11-12,23-26,33-34H,3-4,9-10,13-22,27-32,35-36H2,1-2,5-8H3/p+2. The minimum atomic E-state index is 0.128. The van der Waals surface area contributed by atoms with Crippen molar-refractivity contribution in [1.82, 2.24) is 10.6 Å². The fourth-order valence-electron chi connectivity index (χ4n) is 6.33. The summed E-state index contributed by atoms with van der Waals surface area (Å²) in [5.41, 5.74) is 4.42. The molecule has 2 aromatic rings. The molecule has 0 aromatic heterocycles. The Morgan fingerprint density at radius 1 is 0.654 bits per heavy atom. The van der Waals surface area contributed by atoms with E-state index in [4.69, 9.17) is 9.47 Å². The number of hydrogen-bond donors (Lipinski definition) is 2. The molecule has 0 fully saturated rings. The topological polar surface area (TPSA) is 76.7 Å². The summed E-state index contributed by atoms with van der Waals surface area (Å²) in [4.78, 5) is 24.8. The van der Waals surface area contributed by atoms with Crippen molar-refractivity contribution in [2.45, 2.75) is 90.9 Å². The highest BCUT2D eigenvalue weighted by atomic mass is 16.5. The average Bonchev–Trinajstić information content (AvgIpc) is 3.09. The zero-order chi connectivity index (χ0) is 38.2. The van der Waals surface area contributed by atoms with E-state index in [1.165, 1.54) is 5.56 Å². The van der Waals surface area contributed by atoms with Gasteiger partial charge in [0.05, 0.1) is 54.5 Å². The molecular weight excluding hydrogens is 649 g/mol. The predicted molar refractivity (Wildman–Crippen MR) is 218 cm³/mol. The van der Waals surface area contributed by atoms with Crippen molar-refractivity contribution < 1.29 is 28.0 Å². The van der Waals surface area contributed by atoms with Crippen LogP contribution >= 0.6 is 0 Å². The molecule has 8 nitrogen and oxygen atoms in total. The summed E-state index contributed by atoms with van der Waals surface area (Å²) in [6.07, 6.45) is 15.8. The molecule has 0 atom stereocenters. The van der Waals surface area contributed by atoms with Gasteiger partial charge >= 0.3 is 0 Å². The van der Waals surface area contributed by atoms with Crippen LogP contribution in [0.25, 0.3) is 11.1 Å². The summed E-state index contributed by atoms with van der Waals surface area (Å²) >= 11 is 0. The molecule has 8 heteroatoms. The predicted octanol–water partition coefficient (Wildman–Crippen LogP) is 7.89. The molecule has 0 aliphatic rings. The fourth-order valence-corrected chi connectivity index (χ4v) is 6.33. The highest BCUT2D eigenvalue weighted by Gasteiger charge is 2.21. The van der Waals surface area contributed by atoms with Crippen LogP contribution in [0, 0.1) is 0 Å². The van der Waals surface area contributed by atoms with Crippen LogP contribution in [0.5, 0.6) is 11.5 Å². The van der Waals surface area contributed by atoms with Crippen molar-refractivity contribution in [2.75, 3.05) is 80.7 Å². The third kappa shape index (κ3) is 18.2. The smallest absolute Gasteiger partial charge is 0.275 e. The second-order valence-electron chi connectivity index (χ2n) is 15.5. The molecule has 0 saturated heterocycles. The van der Waals surface area contributed by atoms with Gasteiger partial charge < -0.3 is 29.1 Å². The van der Waals surface area contributed by atoms with E-state index in [1.807, 2.05) is 12.2 Å². The summed E-state index contributed by atoms with van der Waals surface area (Å²) in [7, 11) is 8.48. The molecule has 52 heavy (non-hydrogen) atoms. The average molecular weight is 721 g/mol. The minimum absolute atomic E-state index is 0.128. The van der Waals surface area contributed by atoms with Gasteiger partial charge in [0, 0.05) is 18.7 Å². The summed E-state index contributed by atoms with van der Waals surface area (Å²) in [6, 6.07) is 12.8. The molecular formula is C44H72N4O4+2. The number of benzene rings is 2. The Bertz CT molecular complexity index is 1370. The van der Waals surface area contributed by atoms with Gasteiger partial charge in [0.15, 0.2) is 13.1 Å². The summed E-state index contributed by atoms with van der Waals surface area (Å²) < 4.78 is 14.1. The number of unbranched alkanes of at least 4 members (excludes halogenated alkanes) is 6. The maximum atomic E-state index is 12.4. The third-order valence-corrected chi connectivity index (χ3v) is 9.34. The Balaban J connectivity index is 1.97. The second kappa shape index (κ2) is 24.6. The zero-order valence-corrected chi connectivity index (χ0v) is 33.7. The number of amides is 2. The lowest BCUT2D eigenvalue weighted by molar-refractivity contribution is -0.882. The number of nitrogens with zero attached hydrogens (tertiary/aromatic N) is 2. The van der Waals surface area contributed by atoms with Gasteiger partial charge in [0.1, 0.15) is 11.5 Å². The number of allylic oxidation sites excluding steroid dienone is 2. The Hall–Kier alpha value is -3.62. The number of carbonyl (C=O) groups is 2. The summed E-state index contributed by atoms with van der Waals surface area (Å²) in [6.45, 7) is 17.9. The molecule has 0 radical (unpaired) electrons. The molecule has 0 aliphatic carbocycles. The van der Waals surface area contributed by atoms with Crippen LogP contribution in [-0.2, 0) is 22.4 Å². The number of nitrogens with one attached hydrogen (secondary N) is 2.